The van der Waals surface area contributed by atoms with Crippen molar-refractivity contribution in [2.24, 2.45) is 5.92 Å². The van der Waals surface area contributed by atoms with Crippen LogP contribution in [-0.4, -0.2) is 5.78 Å². The molecule has 74 valence electrons. The first kappa shape index (κ1) is 9.38. The Morgan fingerprint density at radius 1 is 1.43 bits per heavy atom. The number of rotatable bonds is 1. The third-order valence-electron chi connectivity index (χ3n) is 2.97. The van der Waals surface area contributed by atoms with Crippen LogP contribution in [0.4, 0.5) is 4.39 Å². The zero-order valence-corrected chi connectivity index (χ0v) is 8.22. The average Bonchev–Trinajstić information content (AvgIpc) is 2.16. The Morgan fingerprint density at radius 2 is 2.21 bits per heavy atom. The van der Waals surface area contributed by atoms with E-state index in [-0.39, 0.29) is 17.5 Å². The van der Waals surface area contributed by atoms with Gasteiger partial charge in [-0.3, -0.25) is 4.79 Å². The van der Waals surface area contributed by atoms with Crippen LogP contribution >= 0.6 is 0 Å². The molecule has 0 saturated heterocycles. The number of fused-ring (bicyclic) bond motifs is 1. The van der Waals surface area contributed by atoms with Crippen molar-refractivity contribution in [3.63, 3.8) is 0 Å². The summed E-state index contributed by atoms with van der Waals surface area (Å²) >= 11 is 0. The minimum absolute atomic E-state index is 0.101. The molecule has 1 aliphatic rings. The Labute approximate surface area is 82.9 Å². The van der Waals surface area contributed by atoms with Gasteiger partial charge in [0, 0.05) is 5.92 Å². The molecule has 0 aliphatic heterocycles. The van der Waals surface area contributed by atoms with Crippen molar-refractivity contribution in [2.45, 2.75) is 26.2 Å². The highest BCUT2D eigenvalue weighted by molar-refractivity contribution is 5.79. The molecule has 1 aliphatic carbocycles. The van der Waals surface area contributed by atoms with Crippen molar-refractivity contribution in [1.29, 1.82) is 0 Å². The Hall–Kier alpha value is -1.18. The van der Waals surface area contributed by atoms with Crippen molar-refractivity contribution < 1.29 is 9.18 Å². The highest BCUT2D eigenvalue weighted by Crippen LogP contribution is 2.26. The molecule has 0 saturated carbocycles. The molecule has 2 rings (SSSR count). The first-order valence-corrected chi connectivity index (χ1v) is 4.94. The lowest BCUT2D eigenvalue weighted by Crippen LogP contribution is -2.20. The number of hydrogen-bond donors (Lipinski definition) is 0. The van der Waals surface area contributed by atoms with E-state index in [1.165, 1.54) is 11.6 Å². The minimum Gasteiger partial charge on any atom is -0.300 e. The lowest BCUT2D eigenvalue weighted by atomic mass is 9.82. The summed E-state index contributed by atoms with van der Waals surface area (Å²) in [5, 5.41) is 0. The van der Waals surface area contributed by atoms with Gasteiger partial charge in [-0.05, 0) is 49.4 Å². The van der Waals surface area contributed by atoms with Gasteiger partial charge in [0.1, 0.15) is 11.6 Å². The van der Waals surface area contributed by atoms with Crippen LogP contribution in [-0.2, 0) is 17.6 Å². The molecule has 0 heterocycles. The standard InChI is InChI=1S/C12H13FO/c1-8(14)10-3-2-9-4-5-12(13)7-11(9)6-10/h4-5,7,10H,2-3,6H2,1H3. The zero-order valence-electron chi connectivity index (χ0n) is 8.22. The summed E-state index contributed by atoms with van der Waals surface area (Å²) in [6.45, 7) is 1.62. The first-order valence-electron chi connectivity index (χ1n) is 4.94. The predicted octanol–water partition coefficient (Wildman–Crippen LogP) is 2.52. The average molecular weight is 192 g/mol. The van der Waals surface area contributed by atoms with E-state index in [0.29, 0.717) is 6.42 Å². The molecular weight excluding hydrogens is 179 g/mol. The molecule has 0 N–H and O–H groups in total. The number of Topliss-reactive ketones (excluding diaryl/α,β-unsaturated/α-hetero) is 1. The minimum atomic E-state index is -0.201. The quantitative estimate of drug-likeness (QED) is 0.668. The second-order valence-corrected chi connectivity index (χ2v) is 3.96. The molecule has 1 atom stereocenters. The number of benzene rings is 1. The largest absolute Gasteiger partial charge is 0.300 e. The molecule has 1 aromatic rings. The van der Waals surface area contributed by atoms with E-state index in [2.05, 4.69) is 0 Å². The van der Waals surface area contributed by atoms with Gasteiger partial charge >= 0.3 is 0 Å². The van der Waals surface area contributed by atoms with Crippen molar-refractivity contribution in [2.75, 3.05) is 0 Å². The fourth-order valence-electron chi connectivity index (χ4n) is 2.07. The van der Waals surface area contributed by atoms with Gasteiger partial charge in [0.2, 0.25) is 0 Å². The van der Waals surface area contributed by atoms with Crippen molar-refractivity contribution in [3.05, 3.63) is 35.1 Å². The van der Waals surface area contributed by atoms with Gasteiger partial charge < -0.3 is 0 Å². The zero-order chi connectivity index (χ0) is 10.1. The molecule has 0 amide bonds. The van der Waals surface area contributed by atoms with Gasteiger partial charge in [-0.25, -0.2) is 4.39 Å². The molecule has 14 heavy (non-hydrogen) atoms. The van der Waals surface area contributed by atoms with Crippen LogP contribution in [0.1, 0.15) is 24.5 Å². The van der Waals surface area contributed by atoms with E-state index in [1.54, 1.807) is 13.0 Å². The molecule has 0 spiro atoms. The monoisotopic (exact) mass is 192 g/mol. The van der Waals surface area contributed by atoms with Gasteiger partial charge in [-0.1, -0.05) is 6.07 Å². The van der Waals surface area contributed by atoms with Crippen LogP contribution in [0.5, 0.6) is 0 Å². The maximum atomic E-state index is 12.9. The van der Waals surface area contributed by atoms with Crippen LogP contribution < -0.4 is 0 Å². The number of aryl methyl sites for hydroxylation is 1. The summed E-state index contributed by atoms with van der Waals surface area (Å²) in [5.74, 6) is 0.122. The Kier molecular flexibility index (Phi) is 2.36. The molecular formula is C12H13FO. The lowest BCUT2D eigenvalue weighted by Gasteiger charge is -2.22. The molecule has 0 fully saturated rings. The first-order chi connectivity index (χ1) is 6.66. The fraction of sp³-hybridized carbons (Fsp3) is 0.417. The van der Waals surface area contributed by atoms with Gasteiger partial charge in [-0.15, -0.1) is 0 Å². The highest BCUT2D eigenvalue weighted by atomic mass is 19.1. The smallest absolute Gasteiger partial charge is 0.133 e. The predicted molar refractivity (Wildman–Crippen MR) is 52.6 cm³/mol. The maximum Gasteiger partial charge on any atom is 0.133 e. The van der Waals surface area contributed by atoms with Gasteiger partial charge in [-0.2, -0.15) is 0 Å². The number of halogens is 1. The van der Waals surface area contributed by atoms with Crippen LogP contribution in [0.3, 0.4) is 0 Å². The molecule has 1 nitrogen and oxygen atoms in total. The van der Waals surface area contributed by atoms with Crippen LogP contribution in [0.2, 0.25) is 0 Å². The summed E-state index contributed by atoms with van der Waals surface area (Å²) in [7, 11) is 0. The Bertz CT molecular complexity index is 371. The number of carbonyl (C=O) groups excluding carboxylic acids is 1. The number of hydrogen-bond acceptors (Lipinski definition) is 1. The lowest BCUT2D eigenvalue weighted by molar-refractivity contribution is -0.121. The van der Waals surface area contributed by atoms with Crippen molar-refractivity contribution >= 4 is 5.78 Å². The molecule has 1 aromatic carbocycles. The van der Waals surface area contributed by atoms with E-state index >= 15 is 0 Å². The Morgan fingerprint density at radius 3 is 2.93 bits per heavy atom. The third-order valence-corrected chi connectivity index (χ3v) is 2.97. The summed E-state index contributed by atoms with van der Waals surface area (Å²) < 4.78 is 12.9. The summed E-state index contributed by atoms with van der Waals surface area (Å²) in [6.07, 6.45) is 2.52. The van der Waals surface area contributed by atoms with Gasteiger partial charge in [0.25, 0.3) is 0 Å². The third kappa shape index (κ3) is 1.69. The molecule has 2 heteroatoms. The van der Waals surface area contributed by atoms with Crippen LogP contribution in [0.25, 0.3) is 0 Å². The number of ketones is 1. The maximum absolute atomic E-state index is 12.9. The topological polar surface area (TPSA) is 17.1 Å². The summed E-state index contributed by atoms with van der Waals surface area (Å²) in [4.78, 5) is 11.2. The van der Waals surface area contributed by atoms with E-state index in [9.17, 15) is 9.18 Å². The Balaban J connectivity index is 2.29. The molecule has 1 unspecified atom stereocenters. The van der Waals surface area contributed by atoms with Gasteiger partial charge in [0.15, 0.2) is 0 Å². The van der Waals surface area contributed by atoms with Crippen molar-refractivity contribution in [1.82, 2.24) is 0 Å². The normalized spacial score (nSPS) is 20.3. The van der Waals surface area contributed by atoms with E-state index < -0.39 is 0 Å². The summed E-state index contributed by atoms with van der Waals surface area (Å²) in [5.41, 5.74) is 2.21. The molecule has 0 radical (unpaired) electrons. The second-order valence-electron chi connectivity index (χ2n) is 3.96. The highest BCUT2D eigenvalue weighted by Gasteiger charge is 2.21. The van der Waals surface area contributed by atoms with Crippen molar-refractivity contribution in [3.8, 4) is 0 Å². The summed E-state index contributed by atoms with van der Waals surface area (Å²) in [6, 6.07) is 4.89. The van der Waals surface area contributed by atoms with Gasteiger partial charge in [0.05, 0.1) is 0 Å². The van der Waals surface area contributed by atoms with E-state index in [1.807, 2.05) is 6.07 Å². The SMILES string of the molecule is CC(=O)C1CCc2ccc(F)cc2C1. The fourth-order valence-corrected chi connectivity index (χ4v) is 2.07. The number of carbonyl (C=O) groups is 1. The second kappa shape index (κ2) is 3.52. The molecule has 0 bridgehead atoms. The molecule has 0 aromatic heterocycles. The van der Waals surface area contributed by atoms with Crippen LogP contribution in [0, 0.1) is 11.7 Å². The van der Waals surface area contributed by atoms with Crippen LogP contribution in [0.15, 0.2) is 18.2 Å². The van der Waals surface area contributed by atoms with E-state index in [0.717, 1.165) is 18.4 Å². The van der Waals surface area contributed by atoms with E-state index in [4.69, 9.17) is 0 Å².